The van der Waals surface area contributed by atoms with Gasteiger partial charge in [0, 0.05) is 31.2 Å². The Bertz CT molecular complexity index is 187. The first-order chi connectivity index (χ1) is 6.68. The first-order valence-electron chi connectivity index (χ1n) is 6.14. The summed E-state index contributed by atoms with van der Waals surface area (Å²) in [6.07, 6.45) is 5.71. The Hall–Kier alpha value is -0.0800. The molecule has 2 rings (SSSR count). The normalized spacial score (nSPS) is 30.2. The zero-order valence-corrected chi connectivity index (χ0v) is 9.87. The number of hydrogen-bond acceptors (Lipinski definition) is 2. The highest BCUT2D eigenvalue weighted by molar-refractivity contribution is 4.89. The van der Waals surface area contributed by atoms with Crippen LogP contribution in [0.15, 0.2) is 0 Å². The van der Waals surface area contributed by atoms with Gasteiger partial charge in [0.05, 0.1) is 0 Å². The van der Waals surface area contributed by atoms with Gasteiger partial charge in [-0.25, -0.2) is 0 Å². The summed E-state index contributed by atoms with van der Waals surface area (Å²) in [4.78, 5) is 5.26. The van der Waals surface area contributed by atoms with Crippen LogP contribution >= 0.6 is 0 Å². The molecule has 1 saturated carbocycles. The summed E-state index contributed by atoms with van der Waals surface area (Å²) in [6, 6.07) is 2.48. The number of hydrogen-bond donors (Lipinski definition) is 0. The Morgan fingerprint density at radius 1 is 1.14 bits per heavy atom. The highest BCUT2D eigenvalue weighted by Crippen LogP contribution is 2.28. The SMILES string of the molecule is CC(C)N1CC[C@H](N(C)C2CCC2)C1. The van der Waals surface area contributed by atoms with Crippen molar-refractivity contribution in [3.05, 3.63) is 0 Å². The molecule has 1 aliphatic heterocycles. The summed E-state index contributed by atoms with van der Waals surface area (Å²) in [5, 5.41) is 0. The second kappa shape index (κ2) is 4.19. The Balaban J connectivity index is 1.82. The minimum Gasteiger partial charge on any atom is -0.299 e. The molecule has 0 aromatic rings. The molecule has 0 amide bonds. The fraction of sp³-hybridized carbons (Fsp3) is 1.00. The molecule has 1 aliphatic carbocycles. The third kappa shape index (κ3) is 1.96. The predicted octanol–water partition coefficient (Wildman–Crippen LogP) is 1.95. The molecule has 14 heavy (non-hydrogen) atoms. The van der Waals surface area contributed by atoms with Crippen molar-refractivity contribution in [3.63, 3.8) is 0 Å². The van der Waals surface area contributed by atoms with Crippen molar-refractivity contribution < 1.29 is 0 Å². The van der Waals surface area contributed by atoms with Crippen molar-refractivity contribution in [1.29, 1.82) is 0 Å². The molecule has 2 aliphatic rings. The maximum Gasteiger partial charge on any atom is 0.0235 e. The van der Waals surface area contributed by atoms with Crippen molar-refractivity contribution in [3.8, 4) is 0 Å². The second-order valence-corrected chi connectivity index (χ2v) is 5.28. The van der Waals surface area contributed by atoms with Crippen LogP contribution in [0.4, 0.5) is 0 Å². The average Bonchev–Trinajstić information content (AvgIpc) is 2.48. The summed E-state index contributed by atoms with van der Waals surface area (Å²) in [7, 11) is 2.33. The van der Waals surface area contributed by atoms with Crippen LogP contribution in [-0.2, 0) is 0 Å². The Morgan fingerprint density at radius 2 is 1.86 bits per heavy atom. The molecule has 0 unspecified atom stereocenters. The quantitative estimate of drug-likeness (QED) is 0.681. The molecule has 0 bridgehead atoms. The molecule has 0 aromatic heterocycles. The summed E-state index contributed by atoms with van der Waals surface area (Å²) in [5.41, 5.74) is 0. The van der Waals surface area contributed by atoms with Crippen LogP contribution in [0.3, 0.4) is 0 Å². The minimum absolute atomic E-state index is 0.731. The largest absolute Gasteiger partial charge is 0.299 e. The molecule has 0 N–H and O–H groups in total. The number of rotatable bonds is 3. The van der Waals surface area contributed by atoms with Crippen LogP contribution in [0.2, 0.25) is 0 Å². The number of likely N-dealkylation sites (tertiary alicyclic amines) is 1. The van der Waals surface area contributed by atoms with Crippen molar-refractivity contribution in [1.82, 2.24) is 9.80 Å². The molecule has 0 radical (unpaired) electrons. The van der Waals surface area contributed by atoms with E-state index in [2.05, 4.69) is 30.7 Å². The zero-order chi connectivity index (χ0) is 10.1. The van der Waals surface area contributed by atoms with Gasteiger partial charge in [-0.3, -0.25) is 9.80 Å². The molecule has 1 atom stereocenters. The molecular formula is C12H24N2. The Labute approximate surface area is 88.3 Å². The van der Waals surface area contributed by atoms with Gasteiger partial charge in [-0.1, -0.05) is 6.42 Å². The Morgan fingerprint density at radius 3 is 2.29 bits per heavy atom. The molecule has 0 spiro atoms. The van der Waals surface area contributed by atoms with Gasteiger partial charge < -0.3 is 0 Å². The molecule has 1 heterocycles. The van der Waals surface area contributed by atoms with Gasteiger partial charge in [0.15, 0.2) is 0 Å². The van der Waals surface area contributed by atoms with E-state index < -0.39 is 0 Å². The highest BCUT2D eigenvalue weighted by Gasteiger charge is 2.32. The third-order valence-corrected chi connectivity index (χ3v) is 4.15. The maximum atomic E-state index is 2.64. The van der Waals surface area contributed by atoms with E-state index in [0.717, 1.165) is 18.1 Å². The standard InChI is InChI=1S/C12H24N2/c1-10(2)14-8-7-12(9-14)13(3)11-5-4-6-11/h10-12H,4-9H2,1-3H3/t12-/m0/s1. The van der Waals surface area contributed by atoms with Gasteiger partial charge >= 0.3 is 0 Å². The topological polar surface area (TPSA) is 6.48 Å². The van der Waals surface area contributed by atoms with Gasteiger partial charge in [-0.15, -0.1) is 0 Å². The molecule has 82 valence electrons. The van der Waals surface area contributed by atoms with Crippen molar-refractivity contribution in [2.45, 2.75) is 57.7 Å². The maximum absolute atomic E-state index is 2.64. The molecule has 2 heteroatoms. The minimum atomic E-state index is 0.731. The van der Waals surface area contributed by atoms with Gasteiger partial charge in [-0.2, -0.15) is 0 Å². The van der Waals surface area contributed by atoms with Crippen LogP contribution in [0.1, 0.15) is 39.5 Å². The van der Waals surface area contributed by atoms with E-state index in [9.17, 15) is 0 Å². The lowest BCUT2D eigenvalue weighted by Crippen LogP contribution is -2.45. The van der Waals surface area contributed by atoms with E-state index in [1.54, 1.807) is 0 Å². The summed E-state index contributed by atoms with van der Waals surface area (Å²) >= 11 is 0. The smallest absolute Gasteiger partial charge is 0.0235 e. The van der Waals surface area contributed by atoms with E-state index in [1.165, 1.54) is 38.8 Å². The third-order valence-electron chi connectivity index (χ3n) is 4.15. The number of nitrogens with zero attached hydrogens (tertiary/aromatic N) is 2. The van der Waals surface area contributed by atoms with E-state index in [4.69, 9.17) is 0 Å². The molecule has 2 fully saturated rings. The van der Waals surface area contributed by atoms with Gasteiger partial charge in [0.1, 0.15) is 0 Å². The van der Waals surface area contributed by atoms with Gasteiger partial charge in [0.2, 0.25) is 0 Å². The highest BCUT2D eigenvalue weighted by atomic mass is 15.3. The first-order valence-corrected chi connectivity index (χ1v) is 6.14. The molecule has 0 aromatic carbocycles. The molecule has 1 saturated heterocycles. The molecule has 2 nitrogen and oxygen atoms in total. The van der Waals surface area contributed by atoms with Crippen molar-refractivity contribution >= 4 is 0 Å². The average molecular weight is 196 g/mol. The van der Waals surface area contributed by atoms with E-state index in [1.807, 2.05) is 0 Å². The fourth-order valence-corrected chi connectivity index (χ4v) is 2.66. The monoisotopic (exact) mass is 196 g/mol. The summed E-state index contributed by atoms with van der Waals surface area (Å²) in [5.74, 6) is 0. The summed E-state index contributed by atoms with van der Waals surface area (Å²) in [6.45, 7) is 7.22. The zero-order valence-electron chi connectivity index (χ0n) is 9.87. The second-order valence-electron chi connectivity index (χ2n) is 5.28. The lowest BCUT2D eigenvalue weighted by Gasteiger charge is -2.38. The lowest BCUT2D eigenvalue weighted by atomic mass is 9.91. The van der Waals surface area contributed by atoms with E-state index >= 15 is 0 Å². The first kappa shape index (κ1) is 10.4. The molecular weight excluding hydrogens is 172 g/mol. The van der Waals surface area contributed by atoms with Crippen LogP contribution < -0.4 is 0 Å². The van der Waals surface area contributed by atoms with Crippen LogP contribution in [0, 0.1) is 0 Å². The predicted molar refractivity (Wildman–Crippen MR) is 60.5 cm³/mol. The summed E-state index contributed by atoms with van der Waals surface area (Å²) < 4.78 is 0. The Kier molecular flexibility index (Phi) is 3.13. The van der Waals surface area contributed by atoms with Crippen LogP contribution in [0.5, 0.6) is 0 Å². The van der Waals surface area contributed by atoms with Crippen molar-refractivity contribution in [2.75, 3.05) is 20.1 Å². The van der Waals surface area contributed by atoms with Gasteiger partial charge in [0.25, 0.3) is 0 Å². The number of likely N-dealkylation sites (N-methyl/N-ethyl adjacent to an activating group) is 1. The lowest BCUT2D eigenvalue weighted by molar-refractivity contribution is 0.109. The van der Waals surface area contributed by atoms with E-state index in [-0.39, 0.29) is 0 Å². The fourth-order valence-electron chi connectivity index (χ4n) is 2.66. The van der Waals surface area contributed by atoms with Gasteiger partial charge in [-0.05, 0) is 40.2 Å². The van der Waals surface area contributed by atoms with E-state index in [0.29, 0.717) is 0 Å². The van der Waals surface area contributed by atoms with Crippen LogP contribution in [-0.4, -0.2) is 48.1 Å². The van der Waals surface area contributed by atoms with Crippen LogP contribution in [0.25, 0.3) is 0 Å². The van der Waals surface area contributed by atoms with Crippen molar-refractivity contribution in [2.24, 2.45) is 0 Å².